The molecule has 150 valence electrons. The van der Waals surface area contributed by atoms with E-state index in [0.29, 0.717) is 38.6 Å². The molecule has 0 spiro atoms. The first-order valence-corrected chi connectivity index (χ1v) is 8.89. The summed E-state index contributed by atoms with van der Waals surface area (Å²) in [5.41, 5.74) is 0.455. The van der Waals surface area contributed by atoms with Crippen molar-refractivity contribution in [1.29, 1.82) is 0 Å². The summed E-state index contributed by atoms with van der Waals surface area (Å²) < 4.78 is 43.8. The number of halogens is 3. The summed E-state index contributed by atoms with van der Waals surface area (Å²) in [5.74, 6) is 0.458. The maximum Gasteiger partial charge on any atom is 0.416 e. The van der Waals surface area contributed by atoms with Crippen molar-refractivity contribution in [3.63, 3.8) is 0 Å². The van der Waals surface area contributed by atoms with E-state index in [1.165, 1.54) is 12.1 Å². The second-order valence-corrected chi connectivity index (χ2v) is 6.91. The zero-order valence-electron chi connectivity index (χ0n) is 15.7. The van der Waals surface area contributed by atoms with E-state index in [0.717, 1.165) is 17.7 Å². The minimum absolute atomic E-state index is 0.00396. The largest absolute Gasteiger partial charge is 0.416 e. The van der Waals surface area contributed by atoms with Crippen LogP contribution in [0.4, 0.5) is 13.2 Å². The number of carbonyl (C=O) groups is 1. The summed E-state index contributed by atoms with van der Waals surface area (Å²) in [6.07, 6.45) is -2.81. The van der Waals surface area contributed by atoms with E-state index in [2.05, 4.69) is 15.0 Å². The van der Waals surface area contributed by atoms with Crippen molar-refractivity contribution in [3.8, 4) is 11.4 Å². The minimum Gasteiger partial charge on any atom is -0.338 e. The highest BCUT2D eigenvalue weighted by Gasteiger charge is 2.31. The third-order valence-corrected chi connectivity index (χ3v) is 4.37. The molecule has 1 amide bonds. The Hall–Kier alpha value is -2.68. The van der Waals surface area contributed by atoms with E-state index < -0.39 is 11.7 Å². The number of amides is 1. The summed E-state index contributed by atoms with van der Waals surface area (Å²) in [6, 6.07) is 4.83. The van der Waals surface area contributed by atoms with E-state index in [-0.39, 0.29) is 17.3 Å². The lowest BCUT2D eigenvalue weighted by atomic mass is 10.1. The van der Waals surface area contributed by atoms with Gasteiger partial charge in [-0.05, 0) is 26.0 Å². The molecule has 0 aliphatic carbocycles. The number of nitrogens with zero attached hydrogens (tertiary/aromatic N) is 4. The molecule has 2 heterocycles. The van der Waals surface area contributed by atoms with Crippen LogP contribution >= 0.6 is 0 Å². The van der Waals surface area contributed by atoms with Crippen LogP contribution in [0.25, 0.3) is 11.4 Å². The average Bonchev–Trinajstić information content (AvgIpc) is 3.10. The van der Waals surface area contributed by atoms with Crippen molar-refractivity contribution in [2.75, 3.05) is 26.2 Å². The number of allylic oxidation sites excluding steroid dienone is 1. The molecular formula is C19H21F3N4O2. The molecule has 1 aromatic heterocycles. The Kier molecular flexibility index (Phi) is 5.83. The molecule has 1 aliphatic heterocycles. The maximum atomic E-state index is 12.9. The number of benzene rings is 1. The van der Waals surface area contributed by atoms with Gasteiger partial charge in [0.25, 0.3) is 0 Å². The molecule has 6 nitrogen and oxygen atoms in total. The number of alkyl halides is 3. The van der Waals surface area contributed by atoms with Crippen molar-refractivity contribution in [2.24, 2.45) is 0 Å². The Bertz CT molecular complexity index is 864. The molecule has 2 aromatic rings. The quantitative estimate of drug-likeness (QED) is 0.744. The lowest BCUT2D eigenvalue weighted by Gasteiger charge is -2.33. The van der Waals surface area contributed by atoms with Gasteiger partial charge in [-0.3, -0.25) is 9.69 Å². The van der Waals surface area contributed by atoms with E-state index in [1.54, 1.807) is 11.0 Å². The molecule has 3 rings (SSSR count). The van der Waals surface area contributed by atoms with Crippen molar-refractivity contribution in [1.82, 2.24) is 19.9 Å². The molecule has 1 aromatic carbocycles. The van der Waals surface area contributed by atoms with Gasteiger partial charge in [0, 0.05) is 37.8 Å². The van der Waals surface area contributed by atoms with E-state index in [9.17, 15) is 18.0 Å². The zero-order valence-corrected chi connectivity index (χ0v) is 15.7. The highest BCUT2D eigenvalue weighted by atomic mass is 19.4. The van der Waals surface area contributed by atoms with E-state index in [4.69, 9.17) is 4.52 Å². The van der Waals surface area contributed by atoms with Gasteiger partial charge in [-0.15, -0.1) is 0 Å². The van der Waals surface area contributed by atoms with Gasteiger partial charge in [0.2, 0.25) is 17.6 Å². The van der Waals surface area contributed by atoms with Crippen molar-refractivity contribution in [3.05, 3.63) is 47.4 Å². The Morgan fingerprint density at radius 2 is 1.93 bits per heavy atom. The van der Waals surface area contributed by atoms with Crippen LogP contribution in [0.1, 0.15) is 25.3 Å². The molecule has 1 saturated heterocycles. The summed E-state index contributed by atoms with van der Waals surface area (Å²) in [7, 11) is 0. The topological polar surface area (TPSA) is 62.5 Å². The first-order valence-electron chi connectivity index (χ1n) is 8.89. The van der Waals surface area contributed by atoms with Crippen LogP contribution < -0.4 is 0 Å². The number of aromatic nitrogens is 2. The first kappa shape index (κ1) is 20.1. The second-order valence-electron chi connectivity index (χ2n) is 6.91. The molecule has 1 fully saturated rings. The van der Waals surface area contributed by atoms with Gasteiger partial charge in [-0.1, -0.05) is 22.9 Å². The van der Waals surface area contributed by atoms with Gasteiger partial charge in [-0.2, -0.15) is 18.2 Å². The van der Waals surface area contributed by atoms with Crippen LogP contribution in [0.15, 0.2) is 40.4 Å². The fourth-order valence-corrected chi connectivity index (χ4v) is 2.93. The predicted octanol–water partition coefficient (Wildman–Crippen LogP) is 3.37. The van der Waals surface area contributed by atoms with Gasteiger partial charge < -0.3 is 9.42 Å². The molecule has 0 atom stereocenters. The van der Waals surface area contributed by atoms with E-state index >= 15 is 0 Å². The van der Waals surface area contributed by atoms with Crippen LogP contribution in [0, 0.1) is 0 Å². The fourth-order valence-electron chi connectivity index (χ4n) is 2.93. The Morgan fingerprint density at radius 3 is 2.57 bits per heavy atom. The lowest BCUT2D eigenvalue weighted by Crippen LogP contribution is -2.47. The number of hydrogen-bond acceptors (Lipinski definition) is 5. The van der Waals surface area contributed by atoms with Crippen LogP contribution in [0.2, 0.25) is 0 Å². The first-order chi connectivity index (χ1) is 13.2. The maximum absolute atomic E-state index is 12.9. The zero-order chi connectivity index (χ0) is 20.3. The summed E-state index contributed by atoms with van der Waals surface area (Å²) in [5, 5.41) is 3.80. The molecular weight excluding hydrogens is 373 g/mol. The fraction of sp³-hybridized carbons (Fsp3) is 0.421. The molecule has 0 N–H and O–H groups in total. The summed E-state index contributed by atoms with van der Waals surface area (Å²) in [4.78, 5) is 20.1. The van der Waals surface area contributed by atoms with Crippen LogP contribution in [-0.2, 0) is 17.5 Å². The number of piperazine rings is 1. The van der Waals surface area contributed by atoms with Crippen molar-refractivity contribution >= 4 is 5.91 Å². The van der Waals surface area contributed by atoms with Gasteiger partial charge in [0.05, 0.1) is 12.1 Å². The van der Waals surface area contributed by atoms with Crippen molar-refractivity contribution in [2.45, 2.75) is 26.6 Å². The predicted molar refractivity (Wildman–Crippen MR) is 96.0 cm³/mol. The van der Waals surface area contributed by atoms with Crippen molar-refractivity contribution < 1.29 is 22.5 Å². The van der Waals surface area contributed by atoms with Crippen LogP contribution in [-0.4, -0.2) is 52.0 Å². The van der Waals surface area contributed by atoms with Gasteiger partial charge >= 0.3 is 6.18 Å². The molecule has 28 heavy (non-hydrogen) atoms. The van der Waals surface area contributed by atoms with Gasteiger partial charge in [-0.25, -0.2) is 0 Å². The SMILES string of the molecule is CC(C)=CC(=O)N1CCN(Cc2nc(-c3cccc(C(F)(F)F)c3)no2)CC1. The number of carbonyl (C=O) groups excluding carboxylic acids is 1. The molecule has 9 heteroatoms. The molecule has 0 radical (unpaired) electrons. The second kappa shape index (κ2) is 8.14. The standard InChI is InChI=1S/C19H21F3N4O2/c1-13(2)10-17(27)26-8-6-25(7-9-26)12-16-23-18(24-28-16)14-4-3-5-15(11-14)19(20,21)22/h3-5,10-11H,6-9,12H2,1-2H3. The molecule has 1 aliphatic rings. The summed E-state index contributed by atoms with van der Waals surface area (Å²) in [6.45, 7) is 6.65. The van der Waals surface area contributed by atoms with E-state index in [1.807, 2.05) is 13.8 Å². The van der Waals surface area contributed by atoms with Crippen LogP contribution in [0.3, 0.4) is 0 Å². The molecule has 0 bridgehead atoms. The third-order valence-electron chi connectivity index (χ3n) is 4.37. The lowest BCUT2D eigenvalue weighted by molar-refractivity contribution is -0.137. The molecule has 0 saturated carbocycles. The van der Waals surface area contributed by atoms with Crippen LogP contribution in [0.5, 0.6) is 0 Å². The Labute approximate surface area is 160 Å². The molecule has 0 unspecified atom stereocenters. The van der Waals surface area contributed by atoms with Gasteiger partial charge in [0.15, 0.2) is 0 Å². The monoisotopic (exact) mass is 394 g/mol. The highest BCUT2D eigenvalue weighted by Crippen LogP contribution is 2.31. The highest BCUT2D eigenvalue weighted by molar-refractivity contribution is 5.88. The van der Waals surface area contributed by atoms with Gasteiger partial charge in [0.1, 0.15) is 0 Å². The smallest absolute Gasteiger partial charge is 0.338 e. The number of rotatable bonds is 4. The summed E-state index contributed by atoms with van der Waals surface area (Å²) >= 11 is 0. The minimum atomic E-state index is -4.43. The Balaban J connectivity index is 1.60. The third kappa shape index (κ3) is 4.98. The normalized spacial score (nSPS) is 15.5. The number of hydrogen-bond donors (Lipinski definition) is 0. The Morgan fingerprint density at radius 1 is 1.21 bits per heavy atom. The average molecular weight is 394 g/mol.